The van der Waals surface area contributed by atoms with Crippen molar-refractivity contribution in [3.8, 4) is 11.5 Å². The lowest BCUT2D eigenvalue weighted by Gasteiger charge is -2.38. The molecule has 3 aliphatic rings. The Bertz CT molecular complexity index is 1490. The van der Waals surface area contributed by atoms with Crippen LogP contribution in [0.3, 0.4) is 0 Å². The van der Waals surface area contributed by atoms with E-state index in [1.54, 1.807) is 43.0 Å². The largest absolute Gasteiger partial charge is 0.460 e. The zero-order valence-electron chi connectivity index (χ0n) is 19.6. The maximum absolute atomic E-state index is 13.4. The number of fused-ring (bicyclic) bond motifs is 3. The van der Waals surface area contributed by atoms with Crippen molar-refractivity contribution in [2.24, 2.45) is 5.92 Å². The predicted molar refractivity (Wildman–Crippen MR) is 127 cm³/mol. The van der Waals surface area contributed by atoms with Crippen molar-refractivity contribution in [3.05, 3.63) is 59.1 Å². The molecule has 4 aromatic rings. The molecule has 7 rings (SSSR count). The average molecular weight is 459 g/mol. The average Bonchev–Trinajstić information content (AvgIpc) is 3.50. The van der Waals surface area contributed by atoms with Gasteiger partial charge in [0.25, 0.3) is 11.8 Å². The third kappa shape index (κ3) is 2.87. The van der Waals surface area contributed by atoms with Crippen molar-refractivity contribution in [3.63, 3.8) is 0 Å². The molecule has 0 atom stereocenters. The van der Waals surface area contributed by atoms with Gasteiger partial charge in [-0.05, 0) is 57.2 Å². The van der Waals surface area contributed by atoms with Gasteiger partial charge in [-0.2, -0.15) is 5.10 Å². The maximum atomic E-state index is 13.4. The Hall–Kier alpha value is -3.81. The molecule has 1 aromatic carbocycles. The molecule has 174 valence electrons. The number of amides is 2. The molecule has 5 heterocycles. The van der Waals surface area contributed by atoms with Crippen molar-refractivity contribution in [1.82, 2.24) is 19.8 Å². The Labute approximate surface area is 196 Å². The van der Waals surface area contributed by atoms with E-state index in [1.807, 2.05) is 24.0 Å². The van der Waals surface area contributed by atoms with Gasteiger partial charge >= 0.3 is 0 Å². The van der Waals surface area contributed by atoms with Gasteiger partial charge < -0.3 is 19.4 Å². The smallest absolute Gasteiger partial charge is 0.256 e. The lowest BCUT2D eigenvalue weighted by atomic mass is 9.75. The number of hydrogen-bond donors (Lipinski definition) is 1. The molecule has 1 N–H and O–H groups in total. The van der Waals surface area contributed by atoms with Crippen molar-refractivity contribution in [2.45, 2.75) is 39.2 Å². The first-order valence-corrected chi connectivity index (χ1v) is 11.5. The molecule has 0 radical (unpaired) electrons. The Morgan fingerprint density at radius 1 is 1.24 bits per heavy atom. The zero-order valence-corrected chi connectivity index (χ0v) is 19.6. The summed E-state index contributed by atoms with van der Waals surface area (Å²) in [4.78, 5) is 27.7. The lowest BCUT2D eigenvalue weighted by Crippen LogP contribution is -2.45. The van der Waals surface area contributed by atoms with Gasteiger partial charge in [-0.1, -0.05) is 0 Å². The maximum Gasteiger partial charge on any atom is 0.256 e. The summed E-state index contributed by atoms with van der Waals surface area (Å²) in [5.41, 5.74) is 3.34. The van der Waals surface area contributed by atoms with E-state index in [2.05, 4.69) is 17.3 Å². The fraction of sp³-hybridized carbons (Fsp3) is 0.346. The second-order valence-corrected chi connectivity index (χ2v) is 9.72. The first-order chi connectivity index (χ1) is 16.3. The molecule has 2 amide bonds. The minimum atomic E-state index is -0.189. The van der Waals surface area contributed by atoms with Gasteiger partial charge in [0, 0.05) is 42.8 Å². The van der Waals surface area contributed by atoms with Gasteiger partial charge in [0.2, 0.25) is 0 Å². The van der Waals surface area contributed by atoms with Crippen LogP contribution in [-0.2, 0) is 0 Å². The number of aromatic nitrogens is 2. The van der Waals surface area contributed by atoms with Crippen molar-refractivity contribution in [2.75, 3.05) is 13.6 Å². The number of carbonyl (C=O) groups excluding carboxylic acids is 2. The summed E-state index contributed by atoms with van der Waals surface area (Å²) in [5.74, 6) is 2.22. The summed E-state index contributed by atoms with van der Waals surface area (Å²) < 4.78 is 13.8. The van der Waals surface area contributed by atoms with Gasteiger partial charge in [-0.15, -0.1) is 0 Å². The molecule has 3 aromatic heterocycles. The molecule has 2 saturated heterocycles. The van der Waals surface area contributed by atoms with E-state index in [-0.39, 0.29) is 17.4 Å². The van der Waals surface area contributed by atoms with Crippen LogP contribution >= 0.6 is 0 Å². The molecule has 0 spiro atoms. The third-order valence-electron chi connectivity index (χ3n) is 7.43. The van der Waals surface area contributed by atoms with Crippen molar-refractivity contribution in [1.29, 1.82) is 0 Å². The Balaban J connectivity index is 1.36. The molecule has 2 bridgehead atoms. The molecule has 8 nitrogen and oxygen atoms in total. The van der Waals surface area contributed by atoms with Crippen LogP contribution in [0.15, 0.2) is 41.1 Å². The van der Waals surface area contributed by atoms with Crippen LogP contribution in [0.2, 0.25) is 0 Å². The van der Waals surface area contributed by atoms with Gasteiger partial charge in [0.15, 0.2) is 5.75 Å². The number of nitrogens with one attached hydrogen (secondary N) is 1. The van der Waals surface area contributed by atoms with Crippen LogP contribution in [0.1, 0.15) is 51.8 Å². The molecular formula is C26H26N4O4. The molecule has 1 saturated carbocycles. The van der Waals surface area contributed by atoms with Crippen LogP contribution in [0.4, 0.5) is 0 Å². The topological polar surface area (TPSA) is 89.1 Å². The van der Waals surface area contributed by atoms with Gasteiger partial charge in [0.1, 0.15) is 22.6 Å². The van der Waals surface area contributed by atoms with E-state index < -0.39 is 0 Å². The predicted octanol–water partition coefficient (Wildman–Crippen LogP) is 4.47. The van der Waals surface area contributed by atoms with Gasteiger partial charge in [-0.25, -0.2) is 4.52 Å². The second-order valence-electron chi connectivity index (χ2n) is 9.72. The summed E-state index contributed by atoms with van der Waals surface area (Å²) in [6.07, 6.45) is 5.64. The van der Waals surface area contributed by atoms with Crippen molar-refractivity contribution >= 4 is 28.3 Å². The normalized spacial score (nSPS) is 21.2. The van der Waals surface area contributed by atoms with E-state index >= 15 is 0 Å². The first-order valence-electron chi connectivity index (χ1n) is 11.5. The highest BCUT2D eigenvalue weighted by Crippen LogP contribution is 2.50. The van der Waals surface area contributed by atoms with Crippen LogP contribution in [0, 0.1) is 19.8 Å². The third-order valence-corrected chi connectivity index (χ3v) is 7.43. The van der Waals surface area contributed by atoms with Crippen LogP contribution < -0.4 is 10.1 Å². The van der Waals surface area contributed by atoms with Gasteiger partial charge in [0.05, 0.1) is 17.3 Å². The highest BCUT2D eigenvalue weighted by molar-refractivity contribution is 6.07. The Kier molecular flexibility index (Phi) is 4.33. The highest BCUT2D eigenvalue weighted by Gasteiger charge is 2.54. The minimum absolute atomic E-state index is 0.0147. The molecule has 8 heteroatoms. The van der Waals surface area contributed by atoms with Crippen LogP contribution in [-0.4, -0.2) is 45.5 Å². The molecule has 0 unspecified atom stereocenters. The summed E-state index contributed by atoms with van der Waals surface area (Å²) in [6, 6.07) is 7.19. The molecule has 2 aliphatic heterocycles. The highest BCUT2D eigenvalue weighted by atomic mass is 16.5. The first kappa shape index (κ1) is 20.8. The van der Waals surface area contributed by atoms with E-state index in [0.29, 0.717) is 39.9 Å². The quantitative estimate of drug-likeness (QED) is 0.487. The Morgan fingerprint density at radius 2 is 2.03 bits per heavy atom. The number of hydrogen-bond acceptors (Lipinski definition) is 5. The van der Waals surface area contributed by atoms with E-state index in [0.717, 1.165) is 35.9 Å². The Morgan fingerprint density at radius 3 is 2.74 bits per heavy atom. The summed E-state index contributed by atoms with van der Waals surface area (Å²) in [5, 5.41) is 7.80. The number of benzene rings is 1. The van der Waals surface area contributed by atoms with Crippen molar-refractivity contribution < 1.29 is 18.7 Å². The van der Waals surface area contributed by atoms with E-state index in [4.69, 9.17) is 9.15 Å². The number of furan rings is 1. The minimum Gasteiger partial charge on any atom is -0.460 e. The van der Waals surface area contributed by atoms with Crippen LogP contribution in [0.5, 0.6) is 11.5 Å². The molecule has 3 fully saturated rings. The SMILES string of the molecule is CNC(=O)c1c(C)oc2cc(Oc3ccnn4cc(C(=O)N5CC6CC5(C)C6)c(C)c34)ccc12. The van der Waals surface area contributed by atoms with Gasteiger partial charge in [-0.3, -0.25) is 9.59 Å². The van der Waals surface area contributed by atoms with E-state index in [1.165, 1.54) is 0 Å². The molecular weight excluding hydrogens is 432 g/mol. The fourth-order valence-electron chi connectivity index (χ4n) is 5.80. The number of aryl methyl sites for hydroxylation is 2. The summed E-state index contributed by atoms with van der Waals surface area (Å²) in [7, 11) is 1.60. The monoisotopic (exact) mass is 458 g/mol. The number of rotatable bonds is 4. The molecule has 1 aliphatic carbocycles. The number of nitrogens with zero attached hydrogens (tertiary/aromatic N) is 3. The number of carbonyl (C=O) groups is 2. The standard InChI is InChI=1S/C26H26N4O4/c1-14-19(25(32)29-12-16-10-26(29,3)11-16)13-30-23(14)20(7-8-28-30)34-17-5-6-18-21(9-17)33-15(2)22(18)24(31)27-4/h5-9,13,16H,10-12H2,1-4H3,(H,27,31). The summed E-state index contributed by atoms with van der Waals surface area (Å²) >= 11 is 0. The summed E-state index contributed by atoms with van der Waals surface area (Å²) in [6.45, 7) is 6.71. The van der Waals surface area contributed by atoms with Crippen LogP contribution in [0.25, 0.3) is 16.5 Å². The zero-order chi connectivity index (χ0) is 23.8. The van der Waals surface area contributed by atoms with E-state index in [9.17, 15) is 9.59 Å². The lowest BCUT2D eigenvalue weighted by molar-refractivity contribution is 0.0610. The molecule has 34 heavy (non-hydrogen) atoms. The second kappa shape index (κ2) is 7.09. The number of ether oxygens (including phenoxy) is 1. The fourth-order valence-corrected chi connectivity index (χ4v) is 5.80.